The average Bonchev–Trinajstić information content (AvgIpc) is 3.48. The van der Waals surface area contributed by atoms with Crippen molar-refractivity contribution in [1.82, 2.24) is 10.2 Å². The molecule has 2 atom stereocenters. The van der Waals surface area contributed by atoms with Crippen molar-refractivity contribution in [2.24, 2.45) is 10.8 Å². The maximum Gasteiger partial charge on any atom is 0.230 e. The predicted octanol–water partition coefficient (Wildman–Crippen LogP) is 7.05. The van der Waals surface area contributed by atoms with Crippen molar-refractivity contribution in [2.75, 3.05) is 11.6 Å². The molecule has 0 bridgehead atoms. The Kier molecular flexibility index (Phi) is 7.14. The van der Waals surface area contributed by atoms with E-state index in [1.165, 1.54) is 11.3 Å². The van der Waals surface area contributed by atoms with Crippen LogP contribution in [-0.4, -0.2) is 21.8 Å². The predicted molar refractivity (Wildman–Crippen MR) is 149 cm³/mol. The number of hydrogen-bond donors (Lipinski definition) is 1. The van der Waals surface area contributed by atoms with Gasteiger partial charge in [0.05, 0.1) is 5.02 Å². The monoisotopic (exact) mass is 539 g/mol. The molecule has 0 fully saturated rings. The van der Waals surface area contributed by atoms with Gasteiger partial charge in [-0.3, -0.25) is 0 Å². The fourth-order valence-electron chi connectivity index (χ4n) is 4.44. The van der Waals surface area contributed by atoms with Crippen LogP contribution in [0.2, 0.25) is 10.0 Å². The Bertz CT molecular complexity index is 1360. The first kappa shape index (κ1) is 24.3. The van der Waals surface area contributed by atoms with E-state index in [1.54, 1.807) is 11.8 Å². The first-order valence-electron chi connectivity index (χ1n) is 11.2. The SMILES string of the molecule is Cc1nnc(N2N=C(c3ccccc3Cl)SC2(c2ccccc2)C(CCN)c2ccccc2Cl)s1. The maximum absolute atomic E-state index is 6.81. The summed E-state index contributed by atoms with van der Waals surface area (Å²) in [5.41, 5.74) is 9.18. The number of halogens is 2. The Morgan fingerprint density at radius 1 is 0.914 bits per heavy atom. The molecule has 4 aromatic rings. The molecule has 178 valence electrons. The summed E-state index contributed by atoms with van der Waals surface area (Å²) in [4.78, 5) is -0.716. The number of nitrogens with zero attached hydrogens (tertiary/aromatic N) is 4. The molecule has 3 aromatic carbocycles. The van der Waals surface area contributed by atoms with E-state index in [9.17, 15) is 0 Å². The normalized spacial score (nSPS) is 18.5. The van der Waals surface area contributed by atoms with Crippen LogP contribution in [0.4, 0.5) is 5.13 Å². The zero-order valence-corrected chi connectivity index (χ0v) is 22.1. The Labute approximate surface area is 223 Å². The van der Waals surface area contributed by atoms with Crippen LogP contribution in [0, 0.1) is 6.92 Å². The fraction of sp³-hybridized carbons (Fsp3) is 0.192. The lowest BCUT2D eigenvalue weighted by Gasteiger charge is -2.42. The summed E-state index contributed by atoms with van der Waals surface area (Å²) in [5.74, 6) is -0.110. The molecule has 1 aliphatic heterocycles. The molecular formula is C26H23Cl2N5S2. The number of benzene rings is 3. The maximum atomic E-state index is 6.81. The number of hydrazone groups is 1. The van der Waals surface area contributed by atoms with Crippen molar-refractivity contribution >= 4 is 56.5 Å². The molecule has 0 aliphatic carbocycles. The van der Waals surface area contributed by atoms with E-state index in [1.807, 2.05) is 72.6 Å². The third-order valence-corrected chi connectivity index (χ3v) is 8.94. The second-order valence-electron chi connectivity index (χ2n) is 8.12. The molecule has 0 saturated heterocycles. The molecule has 0 amide bonds. The quantitative estimate of drug-likeness (QED) is 0.272. The zero-order valence-electron chi connectivity index (χ0n) is 18.9. The third kappa shape index (κ3) is 4.47. The van der Waals surface area contributed by atoms with Gasteiger partial charge in [-0.25, -0.2) is 5.01 Å². The van der Waals surface area contributed by atoms with Gasteiger partial charge < -0.3 is 5.73 Å². The first-order chi connectivity index (χ1) is 17.0. The van der Waals surface area contributed by atoms with Crippen molar-refractivity contribution in [3.8, 4) is 0 Å². The Balaban J connectivity index is 1.79. The lowest BCUT2D eigenvalue weighted by atomic mass is 9.83. The van der Waals surface area contributed by atoms with E-state index in [0.29, 0.717) is 28.1 Å². The highest BCUT2D eigenvalue weighted by molar-refractivity contribution is 8.15. The van der Waals surface area contributed by atoms with Crippen LogP contribution in [0.5, 0.6) is 0 Å². The molecule has 5 rings (SSSR count). The summed E-state index contributed by atoms with van der Waals surface area (Å²) in [6, 6.07) is 26.1. The fourth-order valence-corrected chi connectivity index (χ4v) is 7.31. The molecule has 0 spiro atoms. The van der Waals surface area contributed by atoms with Crippen LogP contribution < -0.4 is 10.7 Å². The summed E-state index contributed by atoms with van der Waals surface area (Å²) in [6.45, 7) is 2.42. The van der Waals surface area contributed by atoms with Crippen LogP contribution >= 0.6 is 46.3 Å². The van der Waals surface area contributed by atoms with Crippen LogP contribution in [-0.2, 0) is 4.87 Å². The van der Waals surface area contributed by atoms with Gasteiger partial charge in [0, 0.05) is 16.5 Å². The Hall–Kier alpha value is -2.42. The minimum atomic E-state index is -0.716. The summed E-state index contributed by atoms with van der Waals surface area (Å²) >= 11 is 16.6. The largest absolute Gasteiger partial charge is 0.330 e. The summed E-state index contributed by atoms with van der Waals surface area (Å²) in [6.07, 6.45) is 0.686. The molecule has 0 radical (unpaired) electrons. The standard InChI is InChI=1S/C26H23Cl2N5S2/c1-17-30-31-25(34-17)33-26(18-9-3-2-4-10-18,21(15-16-29)19-11-5-7-13-22(19)27)35-24(32-33)20-12-6-8-14-23(20)28/h2-14,21H,15-16,29H2,1H3. The summed E-state index contributed by atoms with van der Waals surface area (Å²) < 4.78 is 0. The number of aromatic nitrogens is 2. The molecule has 0 saturated carbocycles. The number of nitrogens with two attached hydrogens (primary N) is 1. The van der Waals surface area contributed by atoms with Gasteiger partial charge in [-0.1, -0.05) is 113 Å². The molecular weight excluding hydrogens is 517 g/mol. The zero-order chi connectivity index (χ0) is 24.4. The number of thioether (sulfide) groups is 1. The second-order valence-corrected chi connectivity index (χ2v) is 11.3. The van der Waals surface area contributed by atoms with Crippen molar-refractivity contribution in [3.05, 3.63) is 111 Å². The minimum Gasteiger partial charge on any atom is -0.330 e. The number of rotatable bonds is 7. The van der Waals surface area contributed by atoms with Crippen LogP contribution in [0.3, 0.4) is 0 Å². The first-order valence-corrected chi connectivity index (χ1v) is 13.6. The summed E-state index contributed by atoms with van der Waals surface area (Å²) in [5, 5.41) is 19.7. The van der Waals surface area contributed by atoms with E-state index in [-0.39, 0.29) is 5.92 Å². The number of aryl methyl sites for hydroxylation is 1. The number of anilines is 1. The van der Waals surface area contributed by atoms with Gasteiger partial charge in [-0.05, 0) is 43.1 Å². The van der Waals surface area contributed by atoms with Gasteiger partial charge in [-0.2, -0.15) is 5.10 Å². The average molecular weight is 541 g/mol. The lowest BCUT2D eigenvalue weighted by molar-refractivity contribution is 0.451. The van der Waals surface area contributed by atoms with E-state index < -0.39 is 4.87 Å². The van der Waals surface area contributed by atoms with Crippen LogP contribution in [0.1, 0.15) is 34.0 Å². The van der Waals surface area contributed by atoms with Gasteiger partial charge in [0.1, 0.15) is 14.9 Å². The van der Waals surface area contributed by atoms with Gasteiger partial charge in [0.15, 0.2) is 0 Å². The Morgan fingerprint density at radius 3 is 2.26 bits per heavy atom. The minimum absolute atomic E-state index is 0.110. The van der Waals surface area contributed by atoms with Crippen molar-refractivity contribution < 1.29 is 0 Å². The molecule has 1 aliphatic rings. The molecule has 2 heterocycles. The highest BCUT2D eigenvalue weighted by atomic mass is 35.5. The molecule has 1 aromatic heterocycles. The van der Waals surface area contributed by atoms with Crippen LogP contribution in [0.25, 0.3) is 0 Å². The topological polar surface area (TPSA) is 67.4 Å². The van der Waals surface area contributed by atoms with E-state index in [4.69, 9.17) is 34.0 Å². The molecule has 2 N–H and O–H groups in total. The van der Waals surface area contributed by atoms with Crippen molar-refractivity contribution in [1.29, 1.82) is 0 Å². The van der Waals surface area contributed by atoms with E-state index in [0.717, 1.165) is 26.7 Å². The van der Waals surface area contributed by atoms with Gasteiger partial charge >= 0.3 is 0 Å². The molecule has 35 heavy (non-hydrogen) atoms. The van der Waals surface area contributed by atoms with E-state index in [2.05, 4.69) is 28.4 Å². The van der Waals surface area contributed by atoms with Crippen molar-refractivity contribution in [2.45, 2.75) is 24.1 Å². The van der Waals surface area contributed by atoms with Gasteiger partial charge in [0.2, 0.25) is 5.13 Å². The van der Waals surface area contributed by atoms with Crippen LogP contribution in [0.15, 0.2) is 84.0 Å². The molecule has 9 heteroatoms. The van der Waals surface area contributed by atoms with Gasteiger partial charge in [0.25, 0.3) is 0 Å². The number of hydrogen-bond acceptors (Lipinski definition) is 7. The Morgan fingerprint density at radius 2 is 1.60 bits per heavy atom. The summed E-state index contributed by atoms with van der Waals surface area (Å²) in [7, 11) is 0. The van der Waals surface area contributed by atoms with E-state index >= 15 is 0 Å². The highest BCUT2D eigenvalue weighted by Gasteiger charge is 2.54. The smallest absolute Gasteiger partial charge is 0.230 e. The molecule has 2 unspecified atom stereocenters. The third-order valence-electron chi connectivity index (χ3n) is 5.95. The lowest BCUT2D eigenvalue weighted by Crippen LogP contribution is -2.44. The van der Waals surface area contributed by atoms with Gasteiger partial charge in [-0.15, -0.1) is 10.2 Å². The van der Waals surface area contributed by atoms with Crippen molar-refractivity contribution in [3.63, 3.8) is 0 Å². The second kappa shape index (κ2) is 10.3. The highest BCUT2D eigenvalue weighted by Crippen LogP contribution is 2.59. The molecule has 5 nitrogen and oxygen atoms in total.